The first-order valence-corrected chi connectivity index (χ1v) is 8.20. The number of anilines is 2. The molecule has 2 rings (SSSR count). The predicted molar refractivity (Wildman–Crippen MR) is 93.7 cm³/mol. The summed E-state index contributed by atoms with van der Waals surface area (Å²) in [4.78, 5) is 24.4. The first-order valence-electron chi connectivity index (χ1n) is 8.20. The number of aromatic nitrogens is 3. The summed E-state index contributed by atoms with van der Waals surface area (Å²) in [5, 5.41) is 5.54. The fourth-order valence-electron chi connectivity index (χ4n) is 1.87. The lowest BCUT2D eigenvalue weighted by molar-refractivity contribution is -0.153. The Kier molecular flexibility index (Phi) is 6.54. The van der Waals surface area contributed by atoms with Crippen molar-refractivity contribution in [2.75, 3.05) is 17.2 Å². The maximum atomic E-state index is 12.4. The van der Waals surface area contributed by atoms with Crippen molar-refractivity contribution in [2.24, 2.45) is 5.92 Å². The van der Waals surface area contributed by atoms with E-state index < -0.39 is 18.7 Å². The van der Waals surface area contributed by atoms with Crippen molar-refractivity contribution < 1.29 is 22.7 Å². The Balaban J connectivity index is 2.11. The number of hydrogen-bond acceptors (Lipinski definition) is 6. The van der Waals surface area contributed by atoms with Gasteiger partial charge in [-0.15, -0.1) is 0 Å². The maximum absolute atomic E-state index is 12.4. The Morgan fingerprint density at radius 2 is 1.96 bits per heavy atom. The third kappa shape index (κ3) is 6.39. The number of ether oxygens (including phenoxy) is 1. The lowest BCUT2D eigenvalue weighted by atomic mass is 10.1. The van der Waals surface area contributed by atoms with Crippen molar-refractivity contribution in [1.82, 2.24) is 15.0 Å². The van der Waals surface area contributed by atoms with Crippen LogP contribution < -0.4 is 15.4 Å². The fourth-order valence-corrected chi connectivity index (χ4v) is 1.87. The van der Waals surface area contributed by atoms with Gasteiger partial charge in [0.2, 0.25) is 5.95 Å². The third-order valence-corrected chi connectivity index (χ3v) is 3.67. The molecule has 1 atom stereocenters. The molecule has 146 valence electrons. The number of nitrogens with one attached hydrogen (secondary N) is 2. The summed E-state index contributed by atoms with van der Waals surface area (Å²) in [5.41, 5.74) is 0.0597. The number of carbonyl (C=O) groups excluding carboxylic acids is 1. The number of rotatable bonds is 7. The highest BCUT2D eigenvalue weighted by Crippen LogP contribution is 2.25. The molecule has 10 heteroatoms. The summed E-state index contributed by atoms with van der Waals surface area (Å²) < 4.78 is 41.8. The van der Waals surface area contributed by atoms with E-state index >= 15 is 0 Å². The molecule has 0 bridgehead atoms. The van der Waals surface area contributed by atoms with Gasteiger partial charge in [-0.1, -0.05) is 13.8 Å². The maximum Gasteiger partial charge on any atom is 0.422 e. The third-order valence-electron chi connectivity index (χ3n) is 3.67. The highest BCUT2D eigenvalue weighted by atomic mass is 19.4. The zero-order valence-electron chi connectivity index (χ0n) is 15.0. The van der Waals surface area contributed by atoms with E-state index in [1.165, 1.54) is 30.7 Å². The second-order valence-electron chi connectivity index (χ2n) is 6.17. The van der Waals surface area contributed by atoms with Crippen LogP contribution in [-0.4, -0.2) is 39.7 Å². The summed E-state index contributed by atoms with van der Waals surface area (Å²) in [6.45, 7) is 4.54. The minimum atomic E-state index is -4.50. The zero-order chi connectivity index (χ0) is 20.0. The summed E-state index contributed by atoms with van der Waals surface area (Å²) in [6.07, 6.45) is -0.612. The smallest absolute Gasteiger partial charge is 0.422 e. The Morgan fingerprint density at radius 1 is 1.22 bits per heavy atom. The normalized spacial score (nSPS) is 12.6. The van der Waals surface area contributed by atoms with Crippen molar-refractivity contribution in [1.29, 1.82) is 0 Å². The topological polar surface area (TPSA) is 89.0 Å². The van der Waals surface area contributed by atoms with Crippen molar-refractivity contribution in [3.63, 3.8) is 0 Å². The lowest BCUT2D eigenvalue weighted by Gasteiger charge is -2.17. The minimum Gasteiger partial charge on any atom is -0.482 e. The first-order chi connectivity index (χ1) is 12.7. The molecule has 0 fully saturated rings. The molecule has 0 aromatic carbocycles. The van der Waals surface area contributed by atoms with Gasteiger partial charge in [0.1, 0.15) is 17.1 Å². The van der Waals surface area contributed by atoms with Gasteiger partial charge in [-0.3, -0.25) is 9.78 Å². The molecule has 1 unspecified atom stereocenters. The minimum absolute atomic E-state index is 0.00965. The van der Waals surface area contributed by atoms with E-state index in [0.29, 0.717) is 5.92 Å². The molecule has 7 nitrogen and oxygen atoms in total. The van der Waals surface area contributed by atoms with E-state index in [2.05, 4.69) is 25.6 Å². The quantitative estimate of drug-likeness (QED) is 0.761. The molecule has 0 radical (unpaired) electrons. The Morgan fingerprint density at radius 3 is 2.63 bits per heavy atom. The molecule has 0 spiro atoms. The SMILES string of the molecule is CC(C)C(C)Nc1nccc(C(=O)Nc2cnccc2OCC(F)(F)F)n1. The summed E-state index contributed by atoms with van der Waals surface area (Å²) >= 11 is 0. The number of carbonyl (C=O) groups is 1. The van der Waals surface area contributed by atoms with E-state index in [1.807, 2.05) is 20.8 Å². The number of pyridine rings is 1. The lowest BCUT2D eigenvalue weighted by Crippen LogP contribution is -2.24. The number of alkyl halides is 3. The molecule has 27 heavy (non-hydrogen) atoms. The van der Waals surface area contributed by atoms with Crippen LogP contribution in [0.5, 0.6) is 5.75 Å². The van der Waals surface area contributed by atoms with Crippen LogP contribution in [-0.2, 0) is 0 Å². The van der Waals surface area contributed by atoms with E-state index in [-0.39, 0.29) is 29.1 Å². The molecule has 2 N–H and O–H groups in total. The summed E-state index contributed by atoms with van der Waals surface area (Å²) in [7, 11) is 0. The molecule has 2 aromatic heterocycles. The summed E-state index contributed by atoms with van der Waals surface area (Å²) in [5.74, 6) is -0.155. The van der Waals surface area contributed by atoms with E-state index in [0.717, 1.165) is 0 Å². The van der Waals surface area contributed by atoms with Crippen LogP contribution in [0.1, 0.15) is 31.3 Å². The Hall–Kier alpha value is -2.91. The number of nitrogens with zero attached hydrogens (tertiary/aromatic N) is 3. The van der Waals surface area contributed by atoms with Crippen LogP contribution in [0.3, 0.4) is 0 Å². The molecule has 2 heterocycles. The van der Waals surface area contributed by atoms with Gasteiger partial charge in [0.25, 0.3) is 5.91 Å². The van der Waals surface area contributed by atoms with Gasteiger partial charge in [-0.2, -0.15) is 13.2 Å². The van der Waals surface area contributed by atoms with Gasteiger partial charge in [-0.05, 0) is 18.9 Å². The molecule has 1 amide bonds. The van der Waals surface area contributed by atoms with Crippen LogP contribution in [0.15, 0.2) is 30.7 Å². The number of halogens is 3. The molecule has 0 aliphatic rings. The van der Waals surface area contributed by atoms with Crippen molar-refractivity contribution in [3.8, 4) is 5.75 Å². The van der Waals surface area contributed by atoms with E-state index in [1.54, 1.807) is 0 Å². The molecule has 0 saturated carbocycles. The predicted octanol–water partition coefficient (Wildman–Crippen LogP) is 3.52. The molecular weight excluding hydrogens is 363 g/mol. The van der Waals surface area contributed by atoms with Gasteiger partial charge in [0, 0.05) is 24.5 Å². The Bertz CT molecular complexity index is 783. The number of hydrogen-bond donors (Lipinski definition) is 2. The standard InChI is InChI=1S/C17H20F3N5O2/c1-10(2)11(3)23-16-22-7-4-12(25-16)15(26)24-13-8-21-6-5-14(13)27-9-17(18,19)20/h4-8,10-11H,9H2,1-3H3,(H,24,26)(H,22,23,25). The highest BCUT2D eigenvalue weighted by Gasteiger charge is 2.29. The van der Waals surface area contributed by atoms with Crippen molar-refractivity contribution >= 4 is 17.5 Å². The van der Waals surface area contributed by atoms with E-state index in [9.17, 15) is 18.0 Å². The molecule has 2 aromatic rings. The second-order valence-corrected chi connectivity index (χ2v) is 6.17. The Labute approximate surface area is 154 Å². The average molecular weight is 383 g/mol. The van der Waals surface area contributed by atoms with Crippen molar-refractivity contribution in [3.05, 3.63) is 36.4 Å². The van der Waals surface area contributed by atoms with Gasteiger partial charge < -0.3 is 15.4 Å². The van der Waals surface area contributed by atoms with Gasteiger partial charge in [0.05, 0.1) is 6.20 Å². The van der Waals surface area contributed by atoms with Gasteiger partial charge >= 0.3 is 6.18 Å². The van der Waals surface area contributed by atoms with Crippen molar-refractivity contribution in [2.45, 2.75) is 33.0 Å². The van der Waals surface area contributed by atoms with Crippen LogP contribution in [0.25, 0.3) is 0 Å². The summed E-state index contributed by atoms with van der Waals surface area (Å²) in [6, 6.07) is 2.72. The van der Waals surface area contributed by atoms with Crippen LogP contribution in [0.4, 0.5) is 24.8 Å². The fraction of sp³-hybridized carbons (Fsp3) is 0.412. The highest BCUT2D eigenvalue weighted by molar-refractivity contribution is 6.03. The monoisotopic (exact) mass is 383 g/mol. The van der Waals surface area contributed by atoms with Crippen LogP contribution >= 0.6 is 0 Å². The number of amides is 1. The molecular formula is C17H20F3N5O2. The van der Waals surface area contributed by atoms with Crippen LogP contribution in [0.2, 0.25) is 0 Å². The average Bonchev–Trinajstić information content (AvgIpc) is 2.60. The zero-order valence-corrected chi connectivity index (χ0v) is 15.0. The van der Waals surface area contributed by atoms with E-state index in [4.69, 9.17) is 4.74 Å². The first kappa shape index (κ1) is 20.4. The largest absolute Gasteiger partial charge is 0.482 e. The molecule has 0 saturated heterocycles. The van der Waals surface area contributed by atoms with Crippen LogP contribution in [0, 0.1) is 5.92 Å². The second kappa shape index (κ2) is 8.65. The molecule has 0 aliphatic heterocycles. The molecule has 0 aliphatic carbocycles. The van der Waals surface area contributed by atoms with Gasteiger partial charge in [-0.25, -0.2) is 9.97 Å². The van der Waals surface area contributed by atoms with Gasteiger partial charge in [0.15, 0.2) is 6.61 Å².